The third-order valence-electron chi connectivity index (χ3n) is 9.41. The maximum atomic E-state index is 13.6. The maximum absolute atomic E-state index is 13.6. The molecule has 5 rings (SSSR count). The Morgan fingerprint density at radius 2 is 1.64 bits per heavy atom. The van der Waals surface area contributed by atoms with Crippen LogP contribution in [0.5, 0.6) is 0 Å². The van der Waals surface area contributed by atoms with Crippen LogP contribution in [-0.4, -0.2) is 88.0 Å². The fourth-order valence-electron chi connectivity index (χ4n) is 7.11. The van der Waals surface area contributed by atoms with Gasteiger partial charge in [-0.15, -0.1) is 24.8 Å². The number of sulfonamides is 1. The number of nitrogens with zero attached hydrogens (tertiary/aromatic N) is 4. The van der Waals surface area contributed by atoms with E-state index in [1.165, 1.54) is 0 Å². The quantitative estimate of drug-likeness (QED) is 0.391. The number of amides is 2. The van der Waals surface area contributed by atoms with E-state index in [2.05, 4.69) is 14.9 Å². The fraction of sp³-hybridized carbons (Fsp3) is 0.633. The van der Waals surface area contributed by atoms with Crippen LogP contribution in [0.15, 0.2) is 24.3 Å². The van der Waals surface area contributed by atoms with Gasteiger partial charge >= 0.3 is 0 Å². The number of piperazine rings is 1. The Hall–Kier alpha value is -2.38. The van der Waals surface area contributed by atoms with Crippen LogP contribution in [0.25, 0.3) is 5.69 Å². The number of aromatic nitrogens is 2. The largest absolute Gasteiger partial charge is 0.390 e. The third-order valence-corrected chi connectivity index (χ3v) is 10.0. The molecule has 1 spiro atoms. The summed E-state index contributed by atoms with van der Waals surface area (Å²) in [6.45, 7) is 8.42. The van der Waals surface area contributed by atoms with Crippen LogP contribution in [0.1, 0.15) is 75.2 Å². The summed E-state index contributed by atoms with van der Waals surface area (Å²) in [7, 11) is -3.35. The molecule has 3 heterocycles. The van der Waals surface area contributed by atoms with Gasteiger partial charge in [-0.2, -0.15) is 5.10 Å². The van der Waals surface area contributed by atoms with Gasteiger partial charge in [0, 0.05) is 49.5 Å². The van der Waals surface area contributed by atoms with Crippen molar-refractivity contribution in [2.45, 2.75) is 95.9 Å². The Labute approximate surface area is 273 Å². The highest BCUT2D eigenvalue weighted by Gasteiger charge is 2.54. The van der Waals surface area contributed by atoms with E-state index in [0.717, 1.165) is 48.2 Å². The lowest BCUT2D eigenvalue weighted by Crippen LogP contribution is -2.73. The molecule has 0 bridgehead atoms. The zero-order valence-electron chi connectivity index (χ0n) is 26.0. The number of hydrogen-bond acceptors (Lipinski definition) is 7. The number of rotatable bonds is 8. The minimum absolute atomic E-state index is 0. The van der Waals surface area contributed by atoms with Gasteiger partial charge in [-0.3, -0.25) is 19.2 Å². The molecule has 3 aliphatic rings. The van der Waals surface area contributed by atoms with Crippen molar-refractivity contribution in [2.75, 3.05) is 30.6 Å². The Kier molecular flexibility index (Phi) is 11.4. The Morgan fingerprint density at radius 1 is 1.02 bits per heavy atom. The number of piperidine rings is 1. The summed E-state index contributed by atoms with van der Waals surface area (Å²) in [5.41, 5.74) is 2.62. The lowest BCUT2D eigenvalue weighted by atomic mass is 9.77. The number of likely N-dealkylation sites (N-methyl/N-ethyl adjacent to an activating group) is 1. The molecule has 2 aromatic rings. The number of carbonyl (C=O) groups excluding carboxylic acids is 2. The second kappa shape index (κ2) is 13.9. The summed E-state index contributed by atoms with van der Waals surface area (Å²) in [5.74, 6) is -0.169. The zero-order chi connectivity index (χ0) is 30.3. The van der Waals surface area contributed by atoms with Gasteiger partial charge in [0.05, 0.1) is 23.2 Å². The van der Waals surface area contributed by atoms with Gasteiger partial charge in [0.2, 0.25) is 21.8 Å². The minimum atomic E-state index is -3.35. The molecule has 2 saturated heterocycles. The molecule has 246 valence electrons. The van der Waals surface area contributed by atoms with E-state index in [4.69, 9.17) is 5.10 Å². The highest BCUT2D eigenvalue weighted by atomic mass is 35.5. The lowest BCUT2D eigenvalue weighted by molar-refractivity contribution is -0.163. The van der Waals surface area contributed by atoms with Crippen LogP contribution >= 0.6 is 24.8 Å². The molecule has 1 saturated carbocycles. The molecule has 0 unspecified atom stereocenters. The van der Waals surface area contributed by atoms with Gasteiger partial charge in [-0.05, 0) is 70.7 Å². The fourth-order valence-corrected chi connectivity index (χ4v) is 7.67. The first kappa shape index (κ1) is 36.1. The van der Waals surface area contributed by atoms with E-state index in [1.807, 2.05) is 37.6 Å². The summed E-state index contributed by atoms with van der Waals surface area (Å²) >= 11 is 0. The molecule has 14 heteroatoms. The third kappa shape index (κ3) is 7.36. The number of aryl methyl sites for hydroxylation is 1. The number of anilines is 1. The number of carbonyl (C=O) groups is 2. The van der Waals surface area contributed by atoms with E-state index in [0.29, 0.717) is 57.5 Å². The van der Waals surface area contributed by atoms with E-state index >= 15 is 0 Å². The molecule has 1 atom stereocenters. The Bertz CT molecular complexity index is 1430. The SMILES string of the molecule is CCN1C(=O)[C@@H](CC2(O)CCCCC2)NC(=O)C12CCN(Cc1c(C)nn(-c3ccc(NS(C)(=O)=O)cc3)c1C)CC2.Cl.Cl. The van der Waals surface area contributed by atoms with E-state index < -0.39 is 27.2 Å². The lowest BCUT2D eigenvalue weighted by Gasteiger charge is -2.52. The zero-order valence-corrected chi connectivity index (χ0v) is 28.4. The average molecular weight is 674 g/mol. The molecule has 44 heavy (non-hydrogen) atoms. The maximum Gasteiger partial charge on any atom is 0.246 e. The summed E-state index contributed by atoms with van der Waals surface area (Å²) in [4.78, 5) is 31.3. The summed E-state index contributed by atoms with van der Waals surface area (Å²) < 4.78 is 27.4. The second-order valence-corrected chi connectivity index (χ2v) is 14.1. The number of aliphatic hydroxyl groups is 1. The number of hydrogen-bond donors (Lipinski definition) is 3. The predicted molar refractivity (Wildman–Crippen MR) is 175 cm³/mol. The molecular weight excluding hydrogens is 627 g/mol. The minimum Gasteiger partial charge on any atom is -0.390 e. The van der Waals surface area contributed by atoms with Gasteiger partial charge < -0.3 is 15.3 Å². The van der Waals surface area contributed by atoms with Crippen molar-refractivity contribution < 1.29 is 23.1 Å². The normalized spacial score (nSPS) is 21.8. The topological polar surface area (TPSA) is 137 Å². The summed E-state index contributed by atoms with van der Waals surface area (Å²) in [5, 5.41) is 18.9. The first-order valence-electron chi connectivity index (χ1n) is 15.0. The second-order valence-electron chi connectivity index (χ2n) is 12.4. The van der Waals surface area contributed by atoms with Crippen molar-refractivity contribution in [3.63, 3.8) is 0 Å². The van der Waals surface area contributed by atoms with Crippen LogP contribution < -0.4 is 10.0 Å². The van der Waals surface area contributed by atoms with Gasteiger partial charge in [0.1, 0.15) is 11.6 Å². The summed E-state index contributed by atoms with van der Waals surface area (Å²) in [6, 6.07) is 6.43. The molecular formula is C30H46Cl2N6O5S. The van der Waals surface area contributed by atoms with Gasteiger partial charge in [-0.1, -0.05) is 19.3 Å². The molecule has 1 aromatic heterocycles. The first-order valence-corrected chi connectivity index (χ1v) is 16.9. The van der Waals surface area contributed by atoms with Crippen LogP contribution in [0.2, 0.25) is 0 Å². The molecule has 2 amide bonds. The van der Waals surface area contributed by atoms with Crippen LogP contribution in [0.3, 0.4) is 0 Å². The molecule has 3 N–H and O–H groups in total. The smallest absolute Gasteiger partial charge is 0.246 e. The van der Waals surface area contributed by atoms with Gasteiger partial charge in [-0.25, -0.2) is 13.1 Å². The van der Waals surface area contributed by atoms with Crippen molar-refractivity contribution in [1.82, 2.24) is 24.9 Å². The number of likely N-dealkylation sites (tertiary alicyclic amines) is 1. The van der Waals surface area contributed by atoms with Crippen molar-refractivity contribution in [1.29, 1.82) is 0 Å². The molecule has 1 aliphatic carbocycles. The monoisotopic (exact) mass is 672 g/mol. The Balaban J connectivity index is 0.00000264. The van der Waals surface area contributed by atoms with Gasteiger partial charge in [0.25, 0.3) is 0 Å². The first-order chi connectivity index (χ1) is 19.8. The van der Waals surface area contributed by atoms with E-state index in [-0.39, 0.29) is 43.0 Å². The van der Waals surface area contributed by atoms with Crippen molar-refractivity contribution in [3.05, 3.63) is 41.2 Å². The predicted octanol–water partition coefficient (Wildman–Crippen LogP) is 3.47. The molecule has 2 aliphatic heterocycles. The highest BCUT2D eigenvalue weighted by Crippen LogP contribution is 2.37. The van der Waals surface area contributed by atoms with Gasteiger partial charge in [0.15, 0.2) is 0 Å². The van der Waals surface area contributed by atoms with Crippen LogP contribution in [-0.2, 0) is 26.2 Å². The number of nitrogens with one attached hydrogen (secondary N) is 2. The Morgan fingerprint density at radius 3 is 2.20 bits per heavy atom. The van der Waals surface area contributed by atoms with E-state index in [9.17, 15) is 23.1 Å². The number of halogens is 2. The summed E-state index contributed by atoms with van der Waals surface area (Å²) in [6.07, 6.45) is 6.88. The molecule has 11 nitrogen and oxygen atoms in total. The van der Waals surface area contributed by atoms with E-state index in [1.54, 1.807) is 17.0 Å². The van der Waals surface area contributed by atoms with Crippen LogP contribution in [0.4, 0.5) is 5.69 Å². The molecule has 1 aromatic carbocycles. The van der Waals surface area contributed by atoms with Crippen molar-refractivity contribution in [3.8, 4) is 5.69 Å². The molecule has 0 radical (unpaired) electrons. The highest BCUT2D eigenvalue weighted by molar-refractivity contribution is 7.92. The number of benzene rings is 1. The molecule has 3 fully saturated rings. The van der Waals surface area contributed by atoms with Crippen molar-refractivity contribution >= 4 is 52.3 Å². The average Bonchev–Trinajstić information content (AvgIpc) is 3.21. The standard InChI is InChI=1S/C30H44N6O5S.2ClH/c1-5-35-27(37)26(19-29(39)13-7-6-8-14-29)31-28(38)30(35)15-17-34(18-16-30)20-25-21(2)32-36(22(25)3)24-11-9-23(10-12-24)33-42(4,40)41;;/h9-12,26,33,39H,5-8,13-20H2,1-4H3,(H,31,38);2*1H/t26-;;/m1../s1. The van der Waals surface area contributed by atoms with Crippen molar-refractivity contribution in [2.24, 2.45) is 0 Å². The van der Waals surface area contributed by atoms with Crippen LogP contribution in [0, 0.1) is 13.8 Å².